The monoisotopic (exact) mass is 434 g/mol. The first-order valence-electron chi connectivity index (χ1n) is 10.4. The minimum atomic E-state index is -0.274. The summed E-state index contributed by atoms with van der Waals surface area (Å²) in [6.07, 6.45) is 2.40. The number of hydrogen-bond donors (Lipinski definition) is 4. The molecule has 3 rings (SSSR count). The zero-order valence-electron chi connectivity index (χ0n) is 17.8. The van der Waals surface area contributed by atoms with E-state index in [0.717, 1.165) is 6.42 Å². The van der Waals surface area contributed by atoms with Gasteiger partial charge in [0.15, 0.2) is 0 Å². The molecular weight excluding hydrogens is 408 g/mol. The minimum Gasteiger partial charge on any atom is -0.467 e. The van der Waals surface area contributed by atoms with Gasteiger partial charge in [0.25, 0.3) is 11.8 Å². The normalized spacial score (nSPS) is 10.3. The fraction of sp³-hybridized carbons (Fsp3) is 0.208. The number of nitrogens with one attached hydrogen (secondary N) is 4. The average Bonchev–Trinajstić information content (AvgIpc) is 3.34. The quantitative estimate of drug-likeness (QED) is 0.391. The lowest BCUT2D eigenvalue weighted by molar-refractivity contribution is -0.114. The van der Waals surface area contributed by atoms with Gasteiger partial charge in [-0.2, -0.15) is 0 Å². The highest BCUT2D eigenvalue weighted by atomic mass is 16.3. The first kappa shape index (κ1) is 22.6. The molecule has 0 bridgehead atoms. The molecule has 0 aliphatic heterocycles. The Morgan fingerprint density at radius 1 is 0.844 bits per heavy atom. The number of rotatable bonds is 10. The predicted octanol–water partition coefficient (Wildman–Crippen LogP) is 3.40. The number of amides is 3. The molecule has 0 saturated carbocycles. The number of benzene rings is 2. The van der Waals surface area contributed by atoms with E-state index >= 15 is 0 Å². The van der Waals surface area contributed by atoms with E-state index in [-0.39, 0.29) is 24.3 Å². The molecule has 0 radical (unpaired) electrons. The van der Waals surface area contributed by atoms with Gasteiger partial charge in [-0.3, -0.25) is 14.4 Å². The van der Waals surface area contributed by atoms with Crippen molar-refractivity contribution in [1.82, 2.24) is 10.6 Å². The zero-order chi connectivity index (χ0) is 22.8. The van der Waals surface area contributed by atoms with Crippen molar-refractivity contribution in [2.24, 2.45) is 0 Å². The van der Waals surface area contributed by atoms with E-state index in [1.54, 1.807) is 66.9 Å². The number of carbonyl (C=O) groups excluding carboxylic acids is 3. The molecule has 0 atom stereocenters. The molecule has 166 valence electrons. The third kappa shape index (κ3) is 6.73. The highest BCUT2D eigenvalue weighted by molar-refractivity contribution is 5.98. The Kier molecular flexibility index (Phi) is 8.02. The van der Waals surface area contributed by atoms with Crippen LogP contribution in [-0.2, 0) is 11.3 Å². The van der Waals surface area contributed by atoms with E-state index in [9.17, 15) is 14.4 Å². The Hall–Kier alpha value is -4.07. The Morgan fingerprint density at radius 2 is 1.53 bits per heavy atom. The summed E-state index contributed by atoms with van der Waals surface area (Å²) in [6, 6.07) is 17.2. The van der Waals surface area contributed by atoms with Crippen LogP contribution in [-0.4, -0.2) is 30.8 Å². The summed E-state index contributed by atoms with van der Waals surface area (Å²) in [4.78, 5) is 36.7. The van der Waals surface area contributed by atoms with Crippen LogP contribution < -0.4 is 21.3 Å². The van der Waals surface area contributed by atoms with Gasteiger partial charge in [-0.15, -0.1) is 0 Å². The Balaban J connectivity index is 1.51. The molecule has 0 spiro atoms. The topological polar surface area (TPSA) is 112 Å². The van der Waals surface area contributed by atoms with Crippen molar-refractivity contribution in [2.75, 3.05) is 23.7 Å². The molecular formula is C24H26N4O4. The number of anilines is 2. The number of carbonyl (C=O) groups is 3. The summed E-state index contributed by atoms with van der Waals surface area (Å²) in [7, 11) is 0. The SMILES string of the molecule is CCCNC(=O)c1cccc(NC(=O)CNc2cccc(C(=O)NCc3ccco3)c2)c1. The van der Waals surface area contributed by atoms with Crippen LogP contribution in [0.1, 0.15) is 39.8 Å². The van der Waals surface area contributed by atoms with Crippen LogP contribution >= 0.6 is 0 Å². The molecule has 4 N–H and O–H groups in total. The van der Waals surface area contributed by atoms with E-state index in [0.29, 0.717) is 41.4 Å². The van der Waals surface area contributed by atoms with E-state index in [1.165, 1.54) is 0 Å². The summed E-state index contributed by atoms with van der Waals surface area (Å²) in [5.74, 6) is -0.0316. The third-order valence-corrected chi connectivity index (χ3v) is 4.53. The molecule has 0 fully saturated rings. The van der Waals surface area contributed by atoms with Crippen molar-refractivity contribution in [3.05, 3.63) is 83.8 Å². The molecule has 0 saturated heterocycles. The third-order valence-electron chi connectivity index (χ3n) is 4.53. The maximum absolute atomic E-state index is 12.3. The Morgan fingerprint density at radius 3 is 2.22 bits per heavy atom. The molecule has 32 heavy (non-hydrogen) atoms. The minimum absolute atomic E-state index is 0.00370. The highest BCUT2D eigenvalue weighted by Gasteiger charge is 2.09. The number of furan rings is 1. The standard InChI is InChI=1S/C24H26N4O4/c1-2-11-25-23(30)18-7-4-9-20(14-18)28-22(29)16-26-19-8-3-6-17(13-19)24(31)27-15-21-10-5-12-32-21/h3-10,12-14,26H,2,11,15-16H2,1H3,(H,25,30)(H,27,31)(H,28,29). The van der Waals surface area contributed by atoms with E-state index in [1.807, 2.05) is 6.92 Å². The molecule has 3 amide bonds. The van der Waals surface area contributed by atoms with E-state index in [4.69, 9.17) is 4.42 Å². The van der Waals surface area contributed by atoms with Crippen molar-refractivity contribution in [2.45, 2.75) is 19.9 Å². The zero-order valence-corrected chi connectivity index (χ0v) is 17.8. The summed E-state index contributed by atoms with van der Waals surface area (Å²) in [5, 5.41) is 11.4. The van der Waals surface area contributed by atoms with Crippen LogP contribution in [0.25, 0.3) is 0 Å². The highest BCUT2D eigenvalue weighted by Crippen LogP contribution is 2.13. The van der Waals surface area contributed by atoms with Gasteiger partial charge in [0, 0.05) is 29.0 Å². The average molecular weight is 434 g/mol. The maximum Gasteiger partial charge on any atom is 0.251 e. The smallest absolute Gasteiger partial charge is 0.251 e. The fourth-order valence-electron chi connectivity index (χ4n) is 2.92. The van der Waals surface area contributed by atoms with Gasteiger partial charge in [-0.05, 0) is 55.0 Å². The first-order chi connectivity index (χ1) is 15.5. The second-order valence-electron chi connectivity index (χ2n) is 7.08. The van der Waals surface area contributed by atoms with Gasteiger partial charge >= 0.3 is 0 Å². The first-order valence-corrected chi connectivity index (χ1v) is 10.4. The van der Waals surface area contributed by atoms with Crippen LogP contribution in [0.4, 0.5) is 11.4 Å². The number of hydrogen-bond acceptors (Lipinski definition) is 5. The van der Waals surface area contributed by atoms with Crippen molar-refractivity contribution < 1.29 is 18.8 Å². The molecule has 8 heteroatoms. The molecule has 8 nitrogen and oxygen atoms in total. The lowest BCUT2D eigenvalue weighted by atomic mass is 10.2. The van der Waals surface area contributed by atoms with E-state index in [2.05, 4.69) is 21.3 Å². The molecule has 1 aromatic heterocycles. The van der Waals surface area contributed by atoms with Gasteiger partial charge in [-0.25, -0.2) is 0 Å². The molecule has 0 aliphatic rings. The summed E-state index contributed by atoms with van der Waals surface area (Å²) >= 11 is 0. The van der Waals surface area contributed by atoms with Crippen LogP contribution in [0.5, 0.6) is 0 Å². The molecule has 0 aliphatic carbocycles. The Bertz CT molecular complexity index is 1060. The second kappa shape index (κ2) is 11.4. The maximum atomic E-state index is 12.3. The summed E-state index contributed by atoms with van der Waals surface area (Å²) in [6.45, 7) is 2.87. The van der Waals surface area contributed by atoms with E-state index < -0.39 is 0 Å². The van der Waals surface area contributed by atoms with Crippen LogP contribution in [0.3, 0.4) is 0 Å². The summed E-state index contributed by atoms with van der Waals surface area (Å²) in [5.41, 5.74) is 2.12. The second-order valence-corrected chi connectivity index (χ2v) is 7.08. The van der Waals surface area contributed by atoms with Crippen molar-refractivity contribution in [3.8, 4) is 0 Å². The van der Waals surface area contributed by atoms with Crippen LogP contribution in [0, 0.1) is 0 Å². The van der Waals surface area contributed by atoms with Gasteiger partial charge in [-0.1, -0.05) is 19.1 Å². The van der Waals surface area contributed by atoms with Gasteiger partial charge in [0.05, 0.1) is 19.4 Å². The summed E-state index contributed by atoms with van der Waals surface area (Å²) < 4.78 is 5.20. The lowest BCUT2D eigenvalue weighted by Gasteiger charge is -2.10. The van der Waals surface area contributed by atoms with Gasteiger partial charge in [0.1, 0.15) is 5.76 Å². The largest absolute Gasteiger partial charge is 0.467 e. The predicted molar refractivity (Wildman–Crippen MR) is 123 cm³/mol. The molecule has 0 unspecified atom stereocenters. The van der Waals surface area contributed by atoms with Gasteiger partial charge < -0.3 is 25.7 Å². The van der Waals surface area contributed by atoms with Crippen molar-refractivity contribution in [3.63, 3.8) is 0 Å². The van der Waals surface area contributed by atoms with Crippen LogP contribution in [0.2, 0.25) is 0 Å². The molecule has 2 aromatic carbocycles. The molecule has 1 heterocycles. The van der Waals surface area contributed by atoms with Crippen molar-refractivity contribution >= 4 is 29.1 Å². The van der Waals surface area contributed by atoms with Crippen LogP contribution in [0.15, 0.2) is 71.3 Å². The van der Waals surface area contributed by atoms with Gasteiger partial charge in [0.2, 0.25) is 5.91 Å². The van der Waals surface area contributed by atoms with Crippen molar-refractivity contribution in [1.29, 1.82) is 0 Å². The lowest BCUT2D eigenvalue weighted by Crippen LogP contribution is -2.25. The fourth-order valence-corrected chi connectivity index (χ4v) is 2.92. The Labute approximate surface area is 186 Å². The molecule has 3 aromatic rings.